The van der Waals surface area contributed by atoms with Crippen LogP contribution in [0.1, 0.15) is 16.2 Å². The van der Waals surface area contributed by atoms with E-state index in [0.717, 1.165) is 10.9 Å². The zero-order chi connectivity index (χ0) is 11.0. The highest BCUT2D eigenvalue weighted by atomic mass is 16.3. The SMILES string of the molecule is Cn1ccc2c(CO)nc(C(N)=O)cc21. The molecule has 0 unspecified atom stereocenters. The van der Waals surface area contributed by atoms with Crippen LogP contribution in [0.4, 0.5) is 0 Å². The summed E-state index contributed by atoms with van der Waals surface area (Å²) < 4.78 is 1.85. The first kappa shape index (κ1) is 9.67. The third-order valence-electron chi connectivity index (χ3n) is 2.36. The van der Waals surface area contributed by atoms with E-state index in [1.807, 2.05) is 23.9 Å². The molecule has 0 aliphatic carbocycles. The van der Waals surface area contributed by atoms with E-state index in [1.54, 1.807) is 6.07 Å². The molecule has 2 aromatic rings. The first-order chi connectivity index (χ1) is 7.13. The molecule has 0 saturated heterocycles. The van der Waals surface area contributed by atoms with Crippen LogP contribution in [0.2, 0.25) is 0 Å². The quantitative estimate of drug-likeness (QED) is 0.733. The maximum atomic E-state index is 11.0. The molecule has 0 radical (unpaired) electrons. The van der Waals surface area contributed by atoms with Gasteiger partial charge in [-0.1, -0.05) is 0 Å². The molecule has 2 heterocycles. The molecule has 2 rings (SSSR count). The van der Waals surface area contributed by atoms with Crippen LogP contribution in [0.15, 0.2) is 18.3 Å². The van der Waals surface area contributed by atoms with E-state index in [0.29, 0.717) is 5.69 Å². The van der Waals surface area contributed by atoms with Crippen molar-refractivity contribution in [2.75, 3.05) is 0 Å². The summed E-state index contributed by atoms with van der Waals surface area (Å²) in [5, 5.41) is 9.97. The standard InChI is InChI=1S/C10H11N3O2/c1-13-3-2-6-8(5-14)12-7(10(11)15)4-9(6)13/h2-4,14H,5H2,1H3,(H2,11,15). The molecule has 0 atom stereocenters. The number of aliphatic hydroxyl groups excluding tert-OH is 1. The Balaban J connectivity index is 2.79. The predicted molar refractivity (Wildman–Crippen MR) is 55.2 cm³/mol. The molecule has 78 valence electrons. The zero-order valence-electron chi connectivity index (χ0n) is 8.27. The number of rotatable bonds is 2. The molecule has 0 aliphatic rings. The lowest BCUT2D eigenvalue weighted by Gasteiger charge is -2.03. The smallest absolute Gasteiger partial charge is 0.267 e. The van der Waals surface area contributed by atoms with Crippen molar-refractivity contribution in [1.82, 2.24) is 9.55 Å². The fraction of sp³-hybridized carbons (Fsp3) is 0.200. The van der Waals surface area contributed by atoms with Crippen molar-refractivity contribution in [2.24, 2.45) is 12.8 Å². The predicted octanol–water partition coefficient (Wildman–Crippen LogP) is 0.164. The van der Waals surface area contributed by atoms with Crippen molar-refractivity contribution in [3.05, 3.63) is 29.7 Å². The summed E-state index contributed by atoms with van der Waals surface area (Å²) in [5.41, 5.74) is 6.64. The Morgan fingerprint density at radius 1 is 1.67 bits per heavy atom. The third-order valence-corrected chi connectivity index (χ3v) is 2.36. The van der Waals surface area contributed by atoms with Gasteiger partial charge < -0.3 is 15.4 Å². The van der Waals surface area contributed by atoms with Gasteiger partial charge in [-0.25, -0.2) is 4.98 Å². The van der Waals surface area contributed by atoms with Gasteiger partial charge in [0.05, 0.1) is 17.8 Å². The van der Waals surface area contributed by atoms with Gasteiger partial charge in [-0.15, -0.1) is 0 Å². The highest BCUT2D eigenvalue weighted by molar-refractivity contribution is 5.95. The molecule has 0 aliphatic heterocycles. The summed E-state index contributed by atoms with van der Waals surface area (Å²) in [6, 6.07) is 3.47. The summed E-state index contributed by atoms with van der Waals surface area (Å²) in [4.78, 5) is 15.0. The Bertz CT molecular complexity index is 531. The van der Waals surface area contributed by atoms with Crippen molar-refractivity contribution in [3.63, 3.8) is 0 Å². The summed E-state index contributed by atoms with van der Waals surface area (Å²) in [5.74, 6) is -0.590. The van der Waals surface area contributed by atoms with E-state index in [-0.39, 0.29) is 12.3 Å². The maximum absolute atomic E-state index is 11.0. The number of hydrogen-bond acceptors (Lipinski definition) is 3. The number of pyridine rings is 1. The number of carbonyl (C=O) groups is 1. The molecule has 0 aromatic carbocycles. The Labute approximate surface area is 86.1 Å². The van der Waals surface area contributed by atoms with Gasteiger partial charge in [0.1, 0.15) is 5.69 Å². The number of aromatic nitrogens is 2. The Kier molecular flexibility index (Phi) is 2.17. The summed E-state index contributed by atoms with van der Waals surface area (Å²) in [7, 11) is 1.86. The second-order valence-corrected chi connectivity index (χ2v) is 3.34. The molecule has 3 N–H and O–H groups in total. The van der Waals surface area contributed by atoms with Crippen molar-refractivity contribution in [2.45, 2.75) is 6.61 Å². The second-order valence-electron chi connectivity index (χ2n) is 3.34. The number of primary amides is 1. The van der Waals surface area contributed by atoms with Gasteiger partial charge in [0, 0.05) is 18.6 Å². The molecule has 0 fully saturated rings. The lowest BCUT2D eigenvalue weighted by Crippen LogP contribution is -2.14. The lowest BCUT2D eigenvalue weighted by molar-refractivity contribution is 0.0995. The van der Waals surface area contributed by atoms with Crippen LogP contribution in [0, 0.1) is 0 Å². The van der Waals surface area contributed by atoms with E-state index in [9.17, 15) is 4.79 Å². The van der Waals surface area contributed by atoms with Crippen molar-refractivity contribution in [1.29, 1.82) is 0 Å². The van der Waals surface area contributed by atoms with Gasteiger partial charge in [-0.3, -0.25) is 4.79 Å². The Hall–Kier alpha value is -1.88. The van der Waals surface area contributed by atoms with Gasteiger partial charge >= 0.3 is 0 Å². The number of aliphatic hydroxyl groups is 1. The van der Waals surface area contributed by atoms with Gasteiger partial charge in [0.15, 0.2) is 0 Å². The first-order valence-corrected chi connectivity index (χ1v) is 4.49. The van der Waals surface area contributed by atoms with Crippen LogP contribution >= 0.6 is 0 Å². The zero-order valence-corrected chi connectivity index (χ0v) is 8.27. The molecule has 0 bridgehead atoms. The van der Waals surface area contributed by atoms with Gasteiger partial charge in [0.2, 0.25) is 0 Å². The normalized spacial score (nSPS) is 10.8. The minimum atomic E-state index is -0.590. The van der Waals surface area contributed by atoms with Crippen LogP contribution in [-0.2, 0) is 13.7 Å². The van der Waals surface area contributed by atoms with Gasteiger partial charge in [-0.2, -0.15) is 0 Å². The third kappa shape index (κ3) is 1.46. The van der Waals surface area contributed by atoms with E-state index in [4.69, 9.17) is 10.8 Å². The fourth-order valence-electron chi connectivity index (χ4n) is 1.58. The number of aryl methyl sites for hydroxylation is 1. The van der Waals surface area contributed by atoms with Crippen LogP contribution in [-0.4, -0.2) is 20.6 Å². The van der Waals surface area contributed by atoms with Crippen molar-refractivity contribution in [3.8, 4) is 0 Å². The lowest BCUT2D eigenvalue weighted by atomic mass is 10.2. The second kappa shape index (κ2) is 3.36. The van der Waals surface area contributed by atoms with Crippen LogP contribution in [0.5, 0.6) is 0 Å². The molecule has 2 aromatic heterocycles. The monoisotopic (exact) mass is 205 g/mol. The minimum absolute atomic E-state index is 0.174. The van der Waals surface area contributed by atoms with Gasteiger partial charge in [-0.05, 0) is 12.1 Å². The van der Waals surface area contributed by atoms with E-state index in [1.165, 1.54) is 0 Å². The average molecular weight is 205 g/mol. The fourth-order valence-corrected chi connectivity index (χ4v) is 1.58. The molecule has 0 spiro atoms. The first-order valence-electron chi connectivity index (χ1n) is 4.49. The highest BCUT2D eigenvalue weighted by Crippen LogP contribution is 2.19. The Morgan fingerprint density at radius 2 is 2.40 bits per heavy atom. The maximum Gasteiger partial charge on any atom is 0.267 e. The number of nitrogens with two attached hydrogens (primary N) is 1. The van der Waals surface area contributed by atoms with E-state index >= 15 is 0 Å². The number of nitrogens with zero attached hydrogens (tertiary/aromatic N) is 2. The molecule has 0 saturated carbocycles. The van der Waals surface area contributed by atoms with E-state index in [2.05, 4.69) is 4.98 Å². The number of carbonyl (C=O) groups excluding carboxylic acids is 1. The average Bonchev–Trinajstić information content (AvgIpc) is 2.59. The summed E-state index contributed by atoms with van der Waals surface area (Å²) in [6.07, 6.45) is 1.84. The van der Waals surface area contributed by atoms with E-state index < -0.39 is 5.91 Å². The van der Waals surface area contributed by atoms with Crippen LogP contribution in [0.3, 0.4) is 0 Å². The minimum Gasteiger partial charge on any atom is -0.390 e. The Morgan fingerprint density at radius 3 is 3.00 bits per heavy atom. The summed E-state index contributed by atoms with van der Waals surface area (Å²) in [6.45, 7) is -0.207. The molecule has 15 heavy (non-hydrogen) atoms. The van der Waals surface area contributed by atoms with Crippen LogP contribution < -0.4 is 5.73 Å². The molecule has 1 amide bonds. The largest absolute Gasteiger partial charge is 0.390 e. The molecular formula is C10H11N3O2. The highest BCUT2D eigenvalue weighted by Gasteiger charge is 2.10. The van der Waals surface area contributed by atoms with Crippen molar-refractivity contribution >= 4 is 16.8 Å². The van der Waals surface area contributed by atoms with Gasteiger partial charge in [0.25, 0.3) is 5.91 Å². The number of hydrogen-bond donors (Lipinski definition) is 2. The molecular weight excluding hydrogens is 194 g/mol. The van der Waals surface area contributed by atoms with Crippen molar-refractivity contribution < 1.29 is 9.90 Å². The van der Waals surface area contributed by atoms with Crippen LogP contribution in [0.25, 0.3) is 10.9 Å². The number of amides is 1. The topological polar surface area (TPSA) is 81.1 Å². The molecule has 5 heteroatoms. The molecule has 5 nitrogen and oxygen atoms in total. The summed E-state index contributed by atoms with van der Waals surface area (Å²) >= 11 is 0. The number of fused-ring (bicyclic) bond motifs is 1.